The van der Waals surface area contributed by atoms with E-state index in [1.54, 1.807) is 29.0 Å². The van der Waals surface area contributed by atoms with E-state index < -0.39 is 10.9 Å². The zero-order chi connectivity index (χ0) is 19.3. The fourth-order valence-corrected chi connectivity index (χ4v) is 3.41. The van der Waals surface area contributed by atoms with Crippen molar-refractivity contribution in [1.29, 1.82) is 0 Å². The molecule has 26 heavy (non-hydrogen) atoms. The molecule has 1 atom stereocenters. The summed E-state index contributed by atoms with van der Waals surface area (Å²) >= 11 is 0. The summed E-state index contributed by atoms with van der Waals surface area (Å²) in [6.45, 7) is 2.89. The second-order valence-electron chi connectivity index (χ2n) is 6.64. The number of hydrogen-bond donors (Lipinski definition) is 1. The molecule has 0 aromatic heterocycles. The molecule has 1 saturated heterocycles. The average molecular weight is 363 g/mol. The lowest BCUT2D eigenvalue weighted by Crippen LogP contribution is -2.37. The highest BCUT2D eigenvalue weighted by Gasteiger charge is 2.26. The molecule has 1 aliphatic rings. The van der Waals surface area contributed by atoms with Crippen LogP contribution >= 0.6 is 0 Å². The Morgan fingerprint density at radius 1 is 1.35 bits per heavy atom. The molecule has 0 saturated carbocycles. The van der Waals surface area contributed by atoms with E-state index in [-0.39, 0.29) is 24.2 Å². The van der Waals surface area contributed by atoms with Crippen LogP contribution in [0.15, 0.2) is 18.2 Å². The molecule has 1 aromatic carbocycles. The van der Waals surface area contributed by atoms with Crippen LogP contribution in [0.1, 0.15) is 42.1 Å². The number of nitrogens with zero attached hydrogens (tertiary/aromatic N) is 3. The predicted molar refractivity (Wildman–Crippen MR) is 96.3 cm³/mol. The van der Waals surface area contributed by atoms with Gasteiger partial charge in [0.1, 0.15) is 0 Å². The third-order valence-electron chi connectivity index (χ3n) is 4.90. The normalized spacial score (nSPS) is 17.8. The summed E-state index contributed by atoms with van der Waals surface area (Å²) in [5, 5.41) is 20.1. The van der Waals surface area contributed by atoms with Gasteiger partial charge in [-0.2, -0.15) is 0 Å². The first kappa shape index (κ1) is 19.8. The van der Waals surface area contributed by atoms with Gasteiger partial charge in [0.05, 0.1) is 11.5 Å². The maximum absolute atomic E-state index is 12.8. The summed E-state index contributed by atoms with van der Waals surface area (Å²) in [7, 11) is 1.78. The molecule has 142 valence electrons. The molecule has 0 bridgehead atoms. The van der Waals surface area contributed by atoms with Gasteiger partial charge in [-0.25, -0.2) is 0 Å². The lowest BCUT2D eigenvalue weighted by Gasteiger charge is -2.25. The highest BCUT2D eigenvalue weighted by Crippen LogP contribution is 2.23. The van der Waals surface area contributed by atoms with Gasteiger partial charge in [-0.3, -0.25) is 24.6 Å². The Morgan fingerprint density at radius 3 is 2.69 bits per heavy atom. The number of amides is 1. The van der Waals surface area contributed by atoms with Crippen molar-refractivity contribution in [2.45, 2.75) is 38.6 Å². The Morgan fingerprint density at radius 2 is 2.08 bits per heavy atom. The largest absolute Gasteiger partial charge is 0.480 e. The number of carboxylic acids is 1. The second kappa shape index (κ2) is 8.75. The van der Waals surface area contributed by atoms with E-state index in [0.717, 1.165) is 12.8 Å². The summed E-state index contributed by atoms with van der Waals surface area (Å²) in [4.78, 5) is 37.9. The Balaban J connectivity index is 2.09. The van der Waals surface area contributed by atoms with Crippen LogP contribution in [0.4, 0.5) is 5.69 Å². The number of nitro benzene ring substituents is 1. The number of benzene rings is 1. The van der Waals surface area contributed by atoms with Gasteiger partial charge in [0, 0.05) is 36.3 Å². The van der Waals surface area contributed by atoms with E-state index in [2.05, 4.69) is 0 Å². The monoisotopic (exact) mass is 363 g/mol. The van der Waals surface area contributed by atoms with Crippen molar-refractivity contribution in [3.63, 3.8) is 0 Å². The molecule has 1 unspecified atom stereocenters. The van der Waals surface area contributed by atoms with Crippen molar-refractivity contribution in [1.82, 2.24) is 9.80 Å². The van der Waals surface area contributed by atoms with Crippen molar-refractivity contribution < 1.29 is 19.6 Å². The number of nitro groups is 1. The summed E-state index contributed by atoms with van der Waals surface area (Å²) in [6.07, 6.45) is 2.81. The smallest absolute Gasteiger partial charge is 0.317 e. The Kier molecular flexibility index (Phi) is 6.68. The molecule has 8 nitrogen and oxygen atoms in total. The zero-order valence-corrected chi connectivity index (χ0v) is 15.2. The molecular weight excluding hydrogens is 338 g/mol. The number of likely N-dealkylation sites (N-methyl/N-ethyl adjacent to an activating group) is 1. The number of likely N-dealkylation sites (tertiary alicyclic amines) is 1. The van der Waals surface area contributed by atoms with E-state index in [1.165, 1.54) is 6.07 Å². The van der Waals surface area contributed by atoms with Crippen LogP contribution < -0.4 is 0 Å². The highest BCUT2D eigenvalue weighted by atomic mass is 16.6. The molecule has 1 N–H and O–H groups in total. The van der Waals surface area contributed by atoms with E-state index >= 15 is 0 Å². The van der Waals surface area contributed by atoms with E-state index in [4.69, 9.17) is 5.11 Å². The average Bonchev–Trinajstić information content (AvgIpc) is 2.86. The maximum Gasteiger partial charge on any atom is 0.317 e. The maximum atomic E-state index is 12.8. The van der Waals surface area contributed by atoms with Gasteiger partial charge in [0.25, 0.3) is 11.6 Å². The van der Waals surface area contributed by atoms with Crippen LogP contribution in [-0.2, 0) is 11.2 Å². The van der Waals surface area contributed by atoms with Gasteiger partial charge in [-0.15, -0.1) is 0 Å². The molecule has 0 radical (unpaired) electrons. The van der Waals surface area contributed by atoms with Crippen LogP contribution in [0, 0.1) is 10.1 Å². The number of carbonyl (C=O) groups is 2. The first-order chi connectivity index (χ1) is 12.3. The quantitative estimate of drug-likeness (QED) is 0.613. The molecule has 1 aliphatic heterocycles. The predicted octanol–water partition coefficient (Wildman–Crippen LogP) is 2.17. The SMILES string of the molecule is CCc1ccc(C(=O)N2CCCC(N(C)CC(=O)O)CC2)cc1[N+](=O)[O-]. The standard InChI is InChI=1S/C18H25N3O5/c1-3-13-6-7-14(11-16(13)21(25)26)18(24)20-9-4-5-15(8-10-20)19(2)12-17(22)23/h6-7,11,15H,3-5,8-10,12H2,1-2H3,(H,22,23). The molecule has 0 aliphatic carbocycles. The lowest BCUT2D eigenvalue weighted by molar-refractivity contribution is -0.385. The van der Waals surface area contributed by atoms with E-state index in [0.29, 0.717) is 37.1 Å². The summed E-state index contributed by atoms with van der Waals surface area (Å²) in [5.41, 5.74) is 0.913. The Labute approximate surface area is 152 Å². The lowest BCUT2D eigenvalue weighted by atomic mass is 10.1. The fourth-order valence-electron chi connectivity index (χ4n) is 3.41. The summed E-state index contributed by atoms with van der Waals surface area (Å²) in [6, 6.07) is 4.76. The van der Waals surface area contributed by atoms with Gasteiger partial charge in [0.2, 0.25) is 0 Å². The fraction of sp³-hybridized carbons (Fsp3) is 0.556. The number of carbonyl (C=O) groups excluding carboxylic acids is 1. The van der Waals surface area contributed by atoms with Crippen molar-refractivity contribution >= 4 is 17.6 Å². The van der Waals surface area contributed by atoms with Gasteiger partial charge in [-0.05, 0) is 38.8 Å². The minimum absolute atomic E-state index is 0.0211. The molecule has 1 amide bonds. The van der Waals surface area contributed by atoms with Crippen LogP contribution in [0.3, 0.4) is 0 Å². The first-order valence-corrected chi connectivity index (χ1v) is 8.82. The van der Waals surface area contributed by atoms with Gasteiger partial charge >= 0.3 is 5.97 Å². The highest BCUT2D eigenvalue weighted by molar-refractivity contribution is 5.95. The zero-order valence-electron chi connectivity index (χ0n) is 15.2. The van der Waals surface area contributed by atoms with E-state index in [1.807, 2.05) is 6.92 Å². The van der Waals surface area contributed by atoms with Crippen molar-refractivity contribution in [3.05, 3.63) is 39.4 Å². The summed E-state index contributed by atoms with van der Waals surface area (Å²) in [5.74, 6) is -1.08. The molecule has 1 heterocycles. The van der Waals surface area contributed by atoms with Crippen molar-refractivity contribution in [3.8, 4) is 0 Å². The molecule has 8 heteroatoms. The number of hydrogen-bond acceptors (Lipinski definition) is 5. The Hall–Kier alpha value is -2.48. The molecular formula is C18H25N3O5. The first-order valence-electron chi connectivity index (χ1n) is 8.82. The Bertz CT molecular complexity index is 691. The summed E-state index contributed by atoms with van der Waals surface area (Å²) < 4.78 is 0. The van der Waals surface area contributed by atoms with Gasteiger partial charge in [0.15, 0.2) is 0 Å². The third kappa shape index (κ3) is 4.78. The second-order valence-corrected chi connectivity index (χ2v) is 6.64. The number of rotatable bonds is 6. The van der Waals surface area contributed by atoms with Crippen LogP contribution in [0.2, 0.25) is 0 Å². The van der Waals surface area contributed by atoms with Gasteiger partial charge in [-0.1, -0.05) is 13.0 Å². The van der Waals surface area contributed by atoms with Crippen molar-refractivity contribution in [2.24, 2.45) is 0 Å². The van der Waals surface area contributed by atoms with E-state index in [9.17, 15) is 19.7 Å². The van der Waals surface area contributed by atoms with Crippen LogP contribution in [0.5, 0.6) is 0 Å². The minimum atomic E-state index is -0.868. The third-order valence-corrected chi connectivity index (χ3v) is 4.90. The molecule has 1 fully saturated rings. The molecule has 2 rings (SSSR count). The minimum Gasteiger partial charge on any atom is -0.480 e. The molecule has 0 spiro atoms. The number of aliphatic carboxylic acids is 1. The number of carboxylic acid groups (broad SMARTS) is 1. The number of aryl methyl sites for hydroxylation is 1. The van der Waals surface area contributed by atoms with Crippen LogP contribution in [0.25, 0.3) is 0 Å². The van der Waals surface area contributed by atoms with Crippen LogP contribution in [-0.4, -0.2) is 64.4 Å². The molecule has 1 aromatic rings. The van der Waals surface area contributed by atoms with Gasteiger partial charge < -0.3 is 10.0 Å². The van der Waals surface area contributed by atoms with Crippen molar-refractivity contribution in [2.75, 3.05) is 26.7 Å². The topological polar surface area (TPSA) is 104 Å².